The van der Waals surface area contributed by atoms with E-state index in [1.165, 1.54) is 6.07 Å². The maximum atomic E-state index is 11.3. The first-order chi connectivity index (χ1) is 6.18. The number of aromatic amines is 1. The van der Waals surface area contributed by atoms with Crippen LogP contribution in [0.25, 0.3) is 11.3 Å². The molecule has 1 aliphatic heterocycles. The molecule has 13 heavy (non-hydrogen) atoms. The van der Waals surface area contributed by atoms with E-state index in [9.17, 15) is 4.79 Å². The van der Waals surface area contributed by atoms with Gasteiger partial charge in [0.2, 0.25) is 0 Å². The van der Waals surface area contributed by atoms with Crippen molar-refractivity contribution in [3.05, 3.63) is 28.4 Å². The van der Waals surface area contributed by atoms with E-state index in [2.05, 4.69) is 9.97 Å². The lowest BCUT2D eigenvalue weighted by Crippen LogP contribution is -2.12. The third kappa shape index (κ3) is 1.10. The quantitative estimate of drug-likeness (QED) is 0.527. The average molecular weight is 176 g/mol. The van der Waals surface area contributed by atoms with Crippen LogP contribution < -0.4 is 16.9 Å². The van der Waals surface area contributed by atoms with E-state index in [0.717, 1.165) is 0 Å². The summed E-state index contributed by atoms with van der Waals surface area (Å²) < 4.78 is 0. The van der Waals surface area contributed by atoms with Gasteiger partial charge in [0.1, 0.15) is 5.82 Å². The topological polar surface area (TPSA) is 97.8 Å². The molecule has 2 aliphatic rings. The van der Waals surface area contributed by atoms with Gasteiger partial charge < -0.3 is 16.5 Å². The fraction of sp³-hybridized carbons (Fsp3) is 0. The van der Waals surface area contributed by atoms with Gasteiger partial charge in [0.15, 0.2) is 11.4 Å². The average Bonchev–Trinajstić information content (AvgIpc) is 2.02. The molecule has 0 aromatic heterocycles. The predicted octanol–water partition coefficient (Wildman–Crippen LogP) is 0.0391. The Morgan fingerprint density at radius 1 is 1.31 bits per heavy atom. The molecule has 0 aromatic carbocycles. The largest absolute Gasteiger partial charge is 0.383 e. The summed E-state index contributed by atoms with van der Waals surface area (Å²) in [5.41, 5.74) is 11.8. The van der Waals surface area contributed by atoms with Crippen LogP contribution >= 0.6 is 0 Å². The molecule has 0 atom stereocenters. The van der Waals surface area contributed by atoms with Gasteiger partial charge in [-0.1, -0.05) is 6.07 Å². The summed E-state index contributed by atoms with van der Waals surface area (Å²) in [7, 11) is 0. The van der Waals surface area contributed by atoms with Crippen molar-refractivity contribution in [2.24, 2.45) is 0 Å². The zero-order chi connectivity index (χ0) is 9.42. The molecule has 0 saturated heterocycles. The number of hydrogen-bond donors (Lipinski definition) is 3. The van der Waals surface area contributed by atoms with Gasteiger partial charge in [0, 0.05) is 0 Å². The second-order valence-corrected chi connectivity index (χ2v) is 2.69. The maximum Gasteiger partial charge on any atom is 0.199 e. The van der Waals surface area contributed by atoms with Crippen LogP contribution in [0.1, 0.15) is 0 Å². The highest BCUT2D eigenvalue weighted by Gasteiger charge is 2.10. The van der Waals surface area contributed by atoms with Gasteiger partial charge in [-0.05, 0) is 12.1 Å². The minimum absolute atomic E-state index is 0.154. The normalized spacial score (nSPS) is 10.5. The van der Waals surface area contributed by atoms with E-state index in [-0.39, 0.29) is 17.2 Å². The number of nitrogens with zero attached hydrogens (tertiary/aromatic N) is 1. The molecule has 0 spiro atoms. The van der Waals surface area contributed by atoms with Crippen LogP contribution in [0.15, 0.2) is 23.0 Å². The van der Waals surface area contributed by atoms with E-state index in [0.29, 0.717) is 11.3 Å². The minimum atomic E-state index is -0.154. The lowest BCUT2D eigenvalue weighted by atomic mass is 10.1. The fourth-order valence-electron chi connectivity index (χ4n) is 1.25. The van der Waals surface area contributed by atoms with Crippen LogP contribution in [-0.4, -0.2) is 9.97 Å². The molecule has 0 saturated carbocycles. The second-order valence-electron chi connectivity index (χ2n) is 2.69. The fourth-order valence-corrected chi connectivity index (χ4v) is 1.25. The molecular formula is C8H8N4O. The molecule has 0 bridgehead atoms. The molecule has 0 radical (unpaired) electrons. The van der Waals surface area contributed by atoms with Gasteiger partial charge in [-0.2, -0.15) is 4.98 Å². The molecule has 1 aliphatic carbocycles. The zero-order valence-electron chi connectivity index (χ0n) is 6.74. The highest BCUT2D eigenvalue weighted by atomic mass is 16.1. The Morgan fingerprint density at radius 2 is 2.08 bits per heavy atom. The number of aromatic nitrogens is 2. The smallest absolute Gasteiger partial charge is 0.199 e. The number of benzene rings is 1. The summed E-state index contributed by atoms with van der Waals surface area (Å²) in [5, 5.41) is 0. The van der Waals surface area contributed by atoms with Crippen molar-refractivity contribution in [1.29, 1.82) is 0 Å². The molecule has 5 nitrogen and oxygen atoms in total. The number of nitrogens with one attached hydrogen (secondary N) is 1. The number of rotatable bonds is 0. The number of fused-ring (bicyclic) bond motifs is 1. The van der Waals surface area contributed by atoms with E-state index < -0.39 is 0 Å². The molecule has 0 aromatic rings. The van der Waals surface area contributed by atoms with Gasteiger partial charge >= 0.3 is 0 Å². The molecule has 0 fully saturated rings. The van der Waals surface area contributed by atoms with Crippen LogP contribution in [-0.2, 0) is 0 Å². The van der Waals surface area contributed by atoms with Crippen molar-refractivity contribution in [1.82, 2.24) is 9.97 Å². The Hall–Kier alpha value is -2.04. The highest BCUT2D eigenvalue weighted by molar-refractivity contribution is 5.72. The van der Waals surface area contributed by atoms with Crippen LogP contribution in [0.5, 0.6) is 0 Å². The molecule has 5 N–H and O–H groups in total. The Labute approximate surface area is 73.7 Å². The standard InChI is InChI=1S/C8H8N4O/c9-7-6-4(11-8(10)12-7)2-1-3-5(6)13/h1-3H,9H2,(H3,10,11,12). The Balaban J connectivity index is 2.93. The highest BCUT2D eigenvalue weighted by Crippen LogP contribution is 2.20. The van der Waals surface area contributed by atoms with Gasteiger partial charge in [-0.15, -0.1) is 0 Å². The van der Waals surface area contributed by atoms with Crippen molar-refractivity contribution in [3.63, 3.8) is 0 Å². The minimum Gasteiger partial charge on any atom is -0.383 e. The van der Waals surface area contributed by atoms with Crippen LogP contribution in [0.4, 0.5) is 11.8 Å². The summed E-state index contributed by atoms with van der Waals surface area (Å²) >= 11 is 0. The molecule has 0 unspecified atom stereocenters. The van der Waals surface area contributed by atoms with Crippen LogP contribution in [0, 0.1) is 0 Å². The van der Waals surface area contributed by atoms with Gasteiger partial charge in [-0.3, -0.25) is 4.79 Å². The molecule has 66 valence electrons. The Bertz CT molecular complexity index is 476. The third-order valence-corrected chi connectivity index (χ3v) is 1.79. The number of nitrogen functional groups attached to an aromatic ring is 2. The van der Waals surface area contributed by atoms with Crippen molar-refractivity contribution >= 4 is 11.8 Å². The van der Waals surface area contributed by atoms with Crippen molar-refractivity contribution < 1.29 is 0 Å². The van der Waals surface area contributed by atoms with Gasteiger partial charge in [0.25, 0.3) is 0 Å². The lowest BCUT2D eigenvalue weighted by molar-refractivity contribution is 1.18. The van der Waals surface area contributed by atoms with E-state index in [4.69, 9.17) is 11.5 Å². The molecule has 2 rings (SSSR count). The van der Waals surface area contributed by atoms with E-state index in [1.54, 1.807) is 12.1 Å². The van der Waals surface area contributed by atoms with Crippen LogP contribution in [0.3, 0.4) is 0 Å². The Morgan fingerprint density at radius 3 is 2.85 bits per heavy atom. The number of hydrogen-bond acceptors (Lipinski definition) is 4. The molecule has 5 heteroatoms. The summed E-state index contributed by atoms with van der Waals surface area (Å²) in [6.45, 7) is 0. The summed E-state index contributed by atoms with van der Waals surface area (Å²) in [6.07, 6.45) is 0. The second kappa shape index (κ2) is 2.48. The zero-order valence-corrected chi connectivity index (χ0v) is 6.74. The van der Waals surface area contributed by atoms with Crippen molar-refractivity contribution in [2.75, 3.05) is 11.5 Å². The first-order valence-electron chi connectivity index (χ1n) is 3.72. The van der Waals surface area contributed by atoms with E-state index in [1.807, 2.05) is 0 Å². The van der Waals surface area contributed by atoms with Gasteiger partial charge in [-0.25, -0.2) is 0 Å². The predicted molar refractivity (Wildman–Crippen MR) is 50.3 cm³/mol. The monoisotopic (exact) mass is 176 g/mol. The molecule has 1 heterocycles. The number of anilines is 2. The van der Waals surface area contributed by atoms with Crippen molar-refractivity contribution in [3.8, 4) is 11.3 Å². The Kier molecular flexibility index (Phi) is 1.45. The van der Waals surface area contributed by atoms with Gasteiger partial charge in [0.05, 0.1) is 11.3 Å². The first kappa shape index (κ1) is 7.60. The summed E-state index contributed by atoms with van der Waals surface area (Å²) in [4.78, 5) is 17.9. The van der Waals surface area contributed by atoms with E-state index >= 15 is 0 Å². The van der Waals surface area contributed by atoms with Crippen LogP contribution in [0.2, 0.25) is 0 Å². The third-order valence-electron chi connectivity index (χ3n) is 1.79. The number of H-pyrrole nitrogens is 1. The summed E-state index contributed by atoms with van der Waals surface area (Å²) in [5.74, 6) is 0.368. The SMILES string of the molecule is Nc1nc(N)c2c(=O)cccc-2[nH]1. The summed E-state index contributed by atoms with van der Waals surface area (Å²) in [6, 6.07) is 4.80. The maximum absolute atomic E-state index is 11.3. The molecule has 0 amide bonds. The molecular weight excluding hydrogens is 168 g/mol. The van der Waals surface area contributed by atoms with Crippen molar-refractivity contribution in [2.45, 2.75) is 0 Å². The first-order valence-corrected chi connectivity index (χ1v) is 3.72. The lowest BCUT2D eigenvalue weighted by Gasteiger charge is -2.07. The number of nitrogens with two attached hydrogens (primary N) is 2.